The fourth-order valence-electron chi connectivity index (χ4n) is 6.53. The van der Waals surface area contributed by atoms with E-state index in [0.29, 0.717) is 13.2 Å². The molecule has 0 aliphatic carbocycles. The van der Waals surface area contributed by atoms with Gasteiger partial charge in [-0.25, -0.2) is 0 Å². The van der Waals surface area contributed by atoms with E-state index in [1.54, 1.807) is 0 Å². The van der Waals surface area contributed by atoms with Gasteiger partial charge in [-0.1, -0.05) is 81.4 Å². The van der Waals surface area contributed by atoms with E-state index in [0.717, 1.165) is 13.1 Å². The normalized spacial score (nSPS) is 28.8. The molecule has 0 spiro atoms. The number of aliphatic hydroxyl groups is 1. The van der Waals surface area contributed by atoms with Crippen LogP contribution in [0.3, 0.4) is 0 Å². The largest absolute Gasteiger partial charge is 0.388 e. The number of hydrogen-bond acceptors (Lipinski definition) is 7. The number of ether oxygens (including phenoxy) is 4. The Bertz CT molecular complexity index is 1060. The fourth-order valence-corrected chi connectivity index (χ4v) is 11.1. The van der Waals surface area contributed by atoms with E-state index in [9.17, 15) is 5.11 Å². The molecule has 2 aromatic carbocycles. The summed E-state index contributed by atoms with van der Waals surface area (Å²) in [5.41, 5.74) is -0.554. The fraction of sp³-hybridized carbons (Fsp3) is 0.613. The van der Waals surface area contributed by atoms with Crippen molar-refractivity contribution in [1.29, 1.82) is 0 Å². The van der Waals surface area contributed by atoms with Crippen LogP contribution in [0.2, 0.25) is 5.04 Å². The van der Waals surface area contributed by atoms with Crippen LogP contribution in [0, 0.1) is 0 Å². The van der Waals surface area contributed by atoms with Crippen molar-refractivity contribution in [3.63, 3.8) is 0 Å². The number of benzene rings is 2. The summed E-state index contributed by atoms with van der Waals surface area (Å²) >= 11 is 0. The number of fused-ring (bicyclic) bond motifs is 1. The van der Waals surface area contributed by atoms with Crippen LogP contribution in [0.4, 0.5) is 0 Å². The van der Waals surface area contributed by atoms with E-state index in [1.165, 1.54) is 10.4 Å². The summed E-state index contributed by atoms with van der Waals surface area (Å²) in [5.74, 6) is -0.812. The number of hydrogen-bond donors (Lipinski definition) is 1. The van der Waals surface area contributed by atoms with E-state index >= 15 is 0 Å². The van der Waals surface area contributed by atoms with E-state index in [4.69, 9.17) is 23.4 Å². The smallest absolute Gasteiger partial charge is 0.264 e. The standard InChI is InChI=1S/C31H45NO6Si/c1-29(2,3)39(22-14-10-8-11-15-22,23-16-12-9-13-17-23)38-28-26-24(36-31(6,7)37-26)25(35-28)27(33)30(4,5)32-18-20-34-21-19-32/h8-17,24-28,33H,18-21H2,1-7H3/t24-,25-,26-,27?,28+/m0/s1. The summed E-state index contributed by atoms with van der Waals surface area (Å²) in [5, 5.41) is 14.0. The molecule has 3 aliphatic heterocycles. The summed E-state index contributed by atoms with van der Waals surface area (Å²) < 4.78 is 32.5. The maximum Gasteiger partial charge on any atom is 0.264 e. The molecule has 39 heavy (non-hydrogen) atoms. The second kappa shape index (κ2) is 10.7. The predicted molar refractivity (Wildman–Crippen MR) is 154 cm³/mol. The Kier molecular flexibility index (Phi) is 7.89. The highest BCUT2D eigenvalue weighted by atomic mass is 28.4. The van der Waals surface area contributed by atoms with Crippen LogP contribution in [-0.2, 0) is 23.4 Å². The topological polar surface area (TPSA) is 69.6 Å². The molecule has 3 heterocycles. The number of morpholine rings is 1. The quantitative estimate of drug-likeness (QED) is 0.526. The minimum atomic E-state index is -2.93. The molecule has 1 N–H and O–H groups in total. The maximum atomic E-state index is 11.9. The molecule has 1 unspecified atom stereocenters. The summed E-state index contributed by atoms with van der Waals surface area (Å²) in [7, 11) is -2.93. The van der Waals surface area contributed by atoms with Crippen molar-refractivity contribution in [2.24, 2.45) is 0 Å². The van der Waals surface area contributed by atoms with Gasteiger partial charge in [-0.3, -0.25) is 4.90 Å². The zero-order valence-corrected chi connectivity index (χ0v) is 25.4. The van der Waals surface area contributed by atoms with E-state index in [1.807, 2.05) is 26.0 Å². The minimum Gasteiger partial charge on any atom is -0.388 e. The number of aliphatic hydroxyl groups excluding tert-OH is 1. The van der Waals surface area contributed by atoms with Crippen LogP contribution in [0.1, 0.15) is 48.5 Å². The molecule has 7 nitrogen and oxygen atoms in total. The van der Waals surface area contributed by atoms with Gasteiger partial charge < -0.3 is 28.5 Å². The van der Waals surface area contributed by atoms with Gasteiger partial charge in [0.15, 0.2) is 12.1 Å². The lowest BCUT2D eigenvalue weighted by molar-refractivity contribution is -0.234. The van der Waals surface area contributed by atoms with Crippen LogP contribution >= 0.6 is 0 Å². The SMILES string of the molecule is CC1(C)O[C@@H]2[C@@H](O[Si](c3ccccc3)(c3ccccc3)C(C)(C)C)O[C@H](C(O)C(C)(C)N3CCOCC3)[C@@H]2O1. The molecule has 0 bridgehead atoms. The van der Waals surface area contributed by atoms with Crippen molar-refractivity contribution < 1.29 is 28.5 Å². The van der Waals surface area contributed by atoms with Crippen molar-refractivity contribution in [1.82, 2.24) is 4.90 Å². The van der Waals surface area contributed by atoms with Gasteiger partial charge >= 0.3 is 0 Å². The first-order valence-electron chi connectivity index (χ1n) is 14.2. The molecule has 5 rings (SSSR count). The zero-order valence-electron chi connectivity index (χ0n) is 24.4. The Morgan fingerprint density at radius 3 is 1.90 bits per heavy atom. The Balaban J connectivity index is 1.54. The van der Waals surface area contributed by atoms with Crippen molar-refractivity contribution in [3.05, 3.63) is 60.7 Å². The minimum absolute atomic E-state index is 0.229. The molecule has 5 atom stereocenters. The summed E-state index contributed by atoms with van der Waals surface area (Å²) in [6.45, 7) is 17.5. The molecular weight excluding hydrogens is 510 g/mol. The van der Waals surface area contributed by atoms with Crippen LogP contribution in [0.25, 0.3) is 0 Å². The number of rotatable bonds is 7. The maximum absolute atomic E-state index is 11.9. The predicted octanol–water partition coefficient (Wildman–Crippen LogP) is 3.28. The first-order chi connectivity index (χ1) is 18.4. The van der Waals surface area contributed by atoms with Crippen LogP contribution in [-0.4, -0.2) is 86.7 Å². The highest BCUT2D eigenvalue weighted by molar-refractivity contribution is 6.99. The Morgan fingerprint density at radius 2 is 1.38 bits per heavy atom. The molecule has 8 heteroatoms. The van der Waals surface area contributed by atoms with Crippen LogP contribution < -0.4 is 10.4 Å². The molecular formula is C31H45NO6Si. The van der Waals surface area contributed by atoms with Gasteiger partial charge in [-0.15, -0.1) is 0 Å². The molecule has 0 aromatic heterocycles. The number of nitrogens with zero attached hydrogens (tertiary/aromatic N) is 1. The third-order valence-corrected chi connectivity index (χ3v) is 13.6. The van der Waals surface area contributed by atoms with Gasteiger partial charge in [0.25, 0.3) is 8.32 Å². The lowest BCUT2D eigenvalue weighted by Crippen LogP contribution is -2.68. The highest BCUT2D eigenvalue weighted by Gasteiger charge is 2.63. The first kappa shape index (κ1) is 28.9. The van der Waals surface area contributed by atoms with Gasteiger partial charge in [0, 0.05) is 18.6 Å². The summed E-state index contributed by atoms with van der Waals surface area (Å²) in [6.07, 6.45) is -3.07. The highest BCUT2D eigenvalue weighted by Crippen LogP contribution is 2.45. The van der Waals surface area contributed by atoms with Crippen LogP contribution in [0.15, 0.2) is 60.7 Å². The van der Waals surface area contributed by atoms with Crippen molar-refractivity contribution in [2.75, 3.05) is 26.3 Å². The lowest BCUT2D eigenvalue weighted by atomic mass is 9.88. The lowest BCUT2D eigenvalue weighted by Gasteiger charge is -2.46. The van der Waals surface area contributed by atoms with Gasteiger partial charge in [-0.2, -0.15) is 0 Å². The second-order valence-corrected chi connectivity index (χ2v) is 17.3. The molecule has 0 amide bonds. The molecule has 3 saturated heterocycles. The van der Waals surface area contributed by atoms with Gasteiger partial charge in [-0.05, 0) is 43.1 Å². The summed E-state index contributed by atoms with van der Waals surface area (Å²) in [4.78, 5) is 2.27. The molecule has 0 saturated carbocycles. The Morgan fingerprint density at radius 1 is 0.872 bits per heavy atom. The van der Waals surface area contributed by atoms with E-state index < -0.39 is 50.3 Å². The average molecular weight is 556 g/mol. The Labute approximate surface area is 234 Å². The van der Waals surface area contributed by atoms with Crippen molar-refractivity contribution in [3.8, 4) is 0 Å². The zero-order chi connectivity index (χ0) is 28.1. The molecule has 214 valence electrons. The monoisotopic (exact) mass is 555 g/mol. The van der Waals surface area contributed by atoms with E-state index in [-0.39, 0.29) is 5.04 Å². The molecule has 3 fully saturated rings. The third kappa shape index (κ3) is 5.26. The Hall–Kier alpha value is -1.62. The molecule has 0 radical (unpaired) electrons. The summed E-state index contributed by atoms with van der Waals surface area (Å²) in [6, 6.07) is 21.0. The van der Waals surface area contributed by atoms with Gasteiger partial charge in [0.2, 0.25) is 0 Å². The molecule has 3 aliphatic rings. The van der Waals surface area contributed by atoms with Crippen molar-refractivity contribution in [2.45, 2.75) is 95.5 Å². The third-order valence-electron chi connectivity index (χ3n) is 8.62. The van der Waals surface area contributed by atoms with Gasteiger partial charge in [0.05, 0.1) is 13.2 Å². The first-order valence-corrected chi connectivity index (χ1v) is 16.1. The van der Waals surface area contributed by atoms with Gasteiger partial charge in [0.1, 0.15) is 24.4 Å². The second-order valence-electron chi connectivity index (χ2n) is 13.0. The average Bonchev–Trinajstić information content (AvgIpc) is 3.40. The molecule has 2 aromatic rings. The van der Waals surface area contributed by atoms with E-state index in [2.05, 4.69) is 88.0 Å². The van der Waals surface area contributed by atoms with Crippen molar-refractivity contribution >= 4 is 18.7 Å². The van der Waals surface area contributed by atoms with Crippen LogP contribution in [0.5, 0.6) is 0 Å².